The van der Waals surface area contributed by atoms with E-state index in [2.05, 4.69) is 47.6 Å². The summed E-state index contributed by atoms with van der Waals surface area (Å²) in [6.07, 6.45) is 9.92. The van der Waals surface area contributed by atoms with Crippen LogP contribution in [-0.4, -0.2) is 63.8 Å². The van der Waals surface area contributed by atoms with Crippen molar-refractivity contribution in [2.45, 2.75) is 149 Å². The summed E-state index contributed by atoms with van der Waals surface area (Å²) in [4.78, 5) is 0. The summed E-state index contributed by atoms with van der Waals surface area (Å²) in [5.41, 5.74) is 2.19. The summed E-state index contributed by atoms with van der Waals surface area (Å²) in [7, 11) is 0. The number of fused-ring (bicyclic) bond motifs is 5. The highest BCUT2D eigenvalue weighted by Crippen LogP contribution is 2.67. The van der Waals surface area contributed by atoms with E-state index >= 15 is 0 Å². The average Bonchev–Trinajstić information content (AvgIpc) is 3.30. The van der Waals surface area contributed by atoms with Gasteiger partial charge in [0.05, 0.1) is 12.7 Å². The van der Waals surface area contributed by atoms with Crippen molar-refractivity contribution in [3.63, 3.8) is 0 Å². The Morgan fingerprint density at radius 3 is 2.39 bits per heavy atom. The molecule has 0 aromatic carbocycles. The Bertz CT molecular complexity index is 918. The van der Waals surface area contributed by atoms with E-state index in [1.165, 1.54) is 56.9 Å². The van der Waals surface area contributed by atoms with Crippen molar-refractivity contribution >= 4 is 0 Å². The number of aliphatic hydroxyl groups excluding tert-OH is 4. The minimum atomic E-state index is -1.40. The highest BCUT2D eigenvalue weighted by molar-refractivity contribution is 5.25. The lowest BCUT2D eigenvalue weighted by Gasteiger charge is -2.58. The Labute approximate surface area is 249 Å². The maximum absolute atomic E-state index is 10.5. The Kier molecular flexibility index (Phi) is 9.71. The van der Waals surface area contributed by atoms with Gasteiger partial charge in [0.25, 0.3) is 0 Å². The van der Waals surface area contributed by atoms with Crippen LogP contribution in [0.15, 0.2) is 11.6 Å². The number of rotatable bonds is 9. The van der Waals surface area contributed by atoms with Crippen LogP contribution < -0.4 is 0 Å². The van der Waals surface area contributed by atoms with Gasteiger partial charge in [-0.05, 0) is 110 Å². The van der Waals surface area contributed by atoms with Crippen LogP contribution in [0.2, 0.25) is 0 Å². The number of aliphatic hydroxyl groups is 4. The quantitative estimate of drug-likeness (QED) is 0.257. The summed E-state index contributed by atoms with van der Waals surface area (Å²) in [5, 5.41) is 40.4. The molecule has 41 heavy (non-hydrogen) atoms. The van der Waals surface area contributed by atoms with Crippen LogP contribution in [0.1, 0.15) is 112 Å². The molecule has 14 atom stereocenters. The first-order chi connectivity index (χ1) is 19.4. The third kappa shape index (κ3) is 5.73. The molecule has 1 heterocycles. The number of hydrogen-bond donors (Lipinski definition) is 4. The normalized spacial score (nSPS) is 47.7. The molecule has 0 radical (unpaired) electrons. The lowest BCUT2D eigenvalue weighted by molar-refractivity contribution is -0.313. The van der Waals surface area contributed by atoms with Gasteiger partial charge in [-0.25, -0.2) is 0 Å². The first-order valence-corrected chi connectivity index (χ1v) is 17.1. The highest BCUT2D eigenvalue weighted by atomic mass is 16.7. The number of hydrogen-bond acceptors (Lipinski definition) is 6. The van der Waals surface area contributed by atoms with Gasteiger partial charge in [0.2, 0.25) is 0 Å². The number of ether oxygens (including phenoxy) is 2. The second-order valence-electron chi connectivity index (χ2n) is 15.7. The van der Waals surface area contributed by atoms with E-state index in [9.17, 15) is 20.4 Å². The summed E-state index contributed by atoms with van der Waals surface area (Å²) < 4.78 is 11.9. The van der Waals surface area contributed by atoms with Crippen LogP contribution in [0.25, 0.3) is 0 Å². The van der Waals surface area contributed by atoms with Crippen molar-refractivity contribution in [2.75, 3.05) is 6.61 Å². The second-order valence-corrected chi connectivity index (χ2v) is 15.7. The zero-order valence-electron chi connectivity index (χ0n) is 26.7. The van der Waals surface area contributed by atoms with Gasteiger partial charge in [0, 0.05) is 0 Å². The van der Waals surface area contributed by atoms with Crippen LogP contribution in [0, 0.1) is 52.3 Å². The standard InChI is InChI=1S/C35H60O6/c1-7-22(20(2)3)9-8-21(4)26-12-13-27-25-11-10-23-18-24(14-16-34(23,5)28(25)15-17-35(26,27)6)40-33-32(39)31(38)30(37)29(19-36)41-33/h10,20-22,24-33,36-39H,7-9,11-19H2,1-6H3/t21-,22-,24+,25-,26-,27+,28+,29-,30-,31+,32-,33+,34-,35-/m1/s1. The van der Waals surface area contributed by atoms with Crippen LogP contribution in [0.5, 0.6) is 0 Å². The Hall–Kier alpha value is -0.500. The molecule has 3 saturated carbocycles. The SMILES string of the molecule is CC[C@H](CC[C@@H](C)[C@H]1CC[C@H]2[C@H]3CC=C4C[C@@H](O[C@H]5O[C@H](CO)[C@@H](O)[C@H](O)[C@H]5O)CC[C@@]4(C)[C@H]3CC[C@]12C)C(C)C. The van der Waals surface area contributed by atoms with E-state index in [1.54, 1.807) is 0 Å². The molecule has 1 aliphatic heterocycles. The first-order valence-electron chi connectivity index (χ1n) is 17.1. The van der Waals surface area contributed by atoms with E-state index < -0.39 is 37.3 Å². The maximum atomic E-state index is 10.5. The minimum Gasteiger partial charge on any atom is -0.394 e. The lowest BCUT2D eigenvalue weighted by atomic mass is 9.47. The van der Waals surface area contributed by atoms with Crippen molar-refractivity contribution in [3.8, 4) is 0 Å². The summed E-state index contributed by atoms with van der Waals surface area (Å²) in [6, 6.07) is 0. The Balaban J connectivity index is 1.24. The Morgan fingerprint density at radius 2 is 1.71 bits per heavy atom. The van der Waals surface area contributed by atoms with Crippen molar-refractivity contribution in [2.24, 2.45) is 52.3 Å². The van der Waals surface area contributed by atoms with Crippen LogP contribution in [0.3, 0.4) is 0 Å². The molecule has 6 heteroatoms. The van der Waals surface area contributed by atoms with E-state index in [4.69, 9.17) is 9.47 Å². The molecule has 4 fully saturated rings. The molecule has 4 aliphatic carbocycles. The van der Waals surface area contributed by atoms with Gasteiger partial charge in [0.1, 0.15) is 24.4 Å². The third-order valence-electron chi connectivity index (χ3n) is 13.5. The van der Waals surface area contributed by atoms with Crippen LogP contribution in [-0.2, 0) is 9.47 Å². The van der Waals surface area contributed by atoms with Gasteiger partial charge in [-0.2, -0.15) is 0 Å². The Morgan fingerprint density at radius 1 is 0.951 bits per heavy atom. The molecule has 0 aromatic heterocycles. The highest BCUT2D eigenvalue weighted by Gasteiger charge is 2.59. The fourth-order valence-electron chi connectivity index (χ4n) is 10.8. The molecule has 0 aromatic rings. The van der Waals surface area contributed by atoms with Gasteiger partial charge >= 0.3 is 0 Å². The van der Waals surface area contributed by atoms with E-state index in [1.807, 2.05) is 0 Å². The summed E-state index contributed by atoms with van der Waals surface area (Å²) in [5.74, 6) is 5.66. The summed E-state index contributed by atoms with van der Waals surface area (Å²) >= 11 is 0. The van der Waals surface area contributed by atoms with Gasteiger partial charge in [-0.3, -0.25) is 0 Å². The third-order valence-corrected chi connectivity index (χ3v) is 13.5. The lowest BCUT2D eigenvalue weighted by Crippen LogP contribution is -2.60. The monoisotopic (exact) mass is 576 g/mol. The largest absolute Gasteiger partial charge is 0.394 e. The average molecular weight is 577 g/mol. The van der Waals surface area contributed by atoms with E-state index in [-0.39, 0.29) is 11.5 Å². The molecular weight excluding hydrogens is 516 g/mol. The maximum Gasteiger partial charge on any atom is 0.186 e. The van der Waals surface area contributed by atoms with Crippen molar-refractivity contribution in [1.82, 2.24) is 0 Å². The van der Waals surface area contributed by atoms with Crippen molar-refractivity contribution in [3.05, 3.63) is 11.6 Å². The topological polar surface area (TPSA) is 99.4 Å². The molecule has 5 aliphatic rings. The van der Waals surface area contributed by atoms with Gasteiger partial charge < -0.3 is 29.9 Å². The van der Waals surface area contributed by atoms with E-state index in [0.29, 0.717) is 5.41 Å². The molecule has 6 nitrogen and oxygen atoms in total. The molecule has 1 saturated heterocycles. The van der Waals surface area contributed by atoms with Crippen LogP contribution >= 0.6 is 0 Å². The molecule has 0 bridgehead atoms. The fraction of sp³-hybridized carbons (Fsp3) is 0.943. The fourth-order valence-corrected chi connectivity index (χ4v) is 10.8. The molecule has 5 rings (SSSR count). The van der Waals surface area contributed by atoms with Gasteiger partial charge in [-0.1, -0.05) is 66.0 Å². The van der Waals surface area contributed by atoms with Gasteiger partial charge in [0.15, 0.2) is 6.29 Å². The first kappa shape index (κ1) is 31.9. The zero-order chi connectivity index (χ0) is 29.7. The van der Waals surface area contributed by atoms with Crippen molar-refractivity contribution in [1.29, 1.82) is 0 Å². The molecule has 0 spiro atoms. The number of allylic oxidation sites excluding steroid dienone is 1. The van der Waals surface area contributed by atoms with Crippen LogP contribution in [0.4, 0.5) is 0 Å². The van der Waals surface area contributed by atoms with E-state index in [0.717, 1.165) is 60.7 Å². The summed E-state index contributed by atoms with van der Waals surface area (Å²) in [6.45, 7) is 14.5. The second kappa shape index (κ2) is 12.5. The molecule has 236 valence electrons. The molecule has 0 amide bonds. The predicted molar refractivity (Wildman–Crippen MR) is 161 cm³/mol. The molecular formula is C35H60O6. The molecule has 4 N–H and O–H groups in total. The predicted octanol–water partition coefficient (Wildman–Crippen LogP) is 5.85. The minimum absolute atomic E-state index is 0.101. The zero-order valence-corrected chi connectivity index (χ0v) is 26.7. The smallest absolute Gasteiger partial charge is 0.186 e. The van der Waals surface area contributed by atoms with Crippen molar-refractivity contribution < 1.29 is 29.9 Å². The molecule has 0 unspecified atom stereocenters. The van der Waals surface area contributed by atoms with Gasteiger partial charge in [-0.15, -0.1) is 0 Å².